The van der Waals surface area contributed by atoms with Crippen molar-refractivity contribution in [3.05, 3.63) is 42.8 Å². The van der Waals surface area contributed by atoms with Crippen LogP contribution in [-0.4, -0.2) is 0 Å². The maximum Gasteiger partial charge on any atom is 0.105 e. The lowest BCUT2D eigenvalue weighted by atomic mass is 10.1. The van der Waals surface area contributed by atoms with Crippen LogP contribution >= 0.6 is 31.9 Å². The van der Waals surface area contributed by atoms with Crippen molar-refractivity contribution in [2.75, 3.05) is 0 Å². The molecule has 59 valence electrons. The van der Waals surface area contributed by atoms with E-state index in [0.29, 0.717) is 0 Å². The van der Waals surface area contributed by atoms with E-state index in [1.54, 1.807) is 0 Å². The summed E-state index contributed by atoms with van der Waals surface area (Å²) in [7, 11) is 0. The van der Waals surface area contributed by atoms with E-state index in [1.807, 2.05) is 18.2 Å². The number of halogens is 2. The van der Waals surface area contributed by atoms with Gasteiger partial charge in [-0.1, -0.05) is 69.1 Å². The fraction of sp³-hybridized carbons (Fsp3) is 0.222. The molecule has 1 rings (SSSR count). The number of alkyl halides is 2. The largest absolute Gasteiger partial charge is 0.105 e. The van der Waals surface area contributed by atoms with Crippen LogP contribution in [0.25, 0.3) is 0 Å². The highest BCUT2D eigenvalue weighted by molar-refractivity contribution is 9.24. The number of rotatable bonds is 2. The van der Waals surface area contributed by atoms with Crippen molar-refractivity contribution in [3.8, 4) is 0 Å². The van der Waals surface area contributed by atoms with Crippen molar-refractivity contribution in [3.63, 3.8) is 0 Å². The fourth-order valence-electron chi connectivity index (χ4n) is 0.826. The van der Waals surface area contributed by atoms with Crippen LogP contribution in [0.5, 0.6) is 0 Å². The van der Waals surface area contributed by atoms with Crippen LogP contribution < -0.4 is 0 Å². The summed E-state index contributed by atoms with van der Waals surface area (Å²) in [6, 6.07) is 10.2. The summed E-state index contributed by atoms with van der Waals surface area (Å²) in [6.07, 6.45) is 0.775. The van der Waals surface area contributed by atoms with E-state index in [4.69, 9.17) is 0 Å². The molecule has 2 heteroatoms. The van der Waals surface area contributed by atoms with Gasteiger partial charge in [0.1, 0.15) is 3.23 Å². The van der Waals surface area contributed by atoms with Crippen LogP contribution in [0.1, 0.15) is 12.0 Å². The Morgan fingerprint density at radius 3 is 2.18 bits per heavy atom. The van der Waals surface area contributed by atoms with Gasteiger partial charge in [0.25, 0.3) is 0 Å². The highest BCUT2D eigenvalue weighted by Gasteiger charge is 2.21. The lowest BCUT2D eigenvalue weighted by Crippen LogP contribution is -2.05. The Hall–Kier alpha value is 0.180. The summed E-state index contributed by atoms with van der Waals surface area (Å²) in [4.78, 5) is 0. The van der Waals surface area contributed by atoms with E-state index < -0.39 is 0 Å². The highest BCUT2D eigenvalue weighted by atomic mass is 79.9. The van der Waals surface area contributed by atoms with E-state index in [9.17, 15) is 0 Å². The first-order valence-electron chi connectivity index (χ1n) is 3.39. The van der Waals surface area contributed by atoms with E-state index in [-0.39, 0.29) is 3.23 Å². The average molecular weight is 277 g/mol. The second kappa shape index (κ2) is 3.72. The predicted molar refractivity (Wildman–Crippen MR) is 55.9 cm³/mol. The second-order valence-corrected chi connectivity index (χ2v) is 6.09. The number of hydrogen-bond donors (Lipinski definition) is 0. The molecule has 0 atom stereocenters. The standard InChI is InChI=1S/C9H9Br2/c1-2-9(10,11)8-6-4-3-5-7-8/h3-7H,1-2H2. The van der Waals surface area contributed by atoms with Gasteiger partial charge in [-0.25, -0.2) is 0 Å². The molecule has 11 heavy (non-hydrogen) atoms. The van der Waals surface area contributed by atoms with Crippen LogP contribution in [0.15, 0.2) is 30.3 Å². The van der Waals surface area contributed by atoms with Gasteiger partial charge in [-0.15, -0.1) is 0 Å². The molecular weight excluding hydrogens is 268 g/mol. The zero-order valence-electron chi connectivity index (χ0n) is 6.06. The van der Waals surface area contributed by atoms with Crippen LogP contribution in [0.3, 0.4) is 0 Å². The molecule has 0 fully saturated rings. The summed E-state index contributed by atoms with van der Waals surface area (Å²) >= 11 is 7.09. The van der Waals surface area contributed by atoms with Gasteiger partial charge in [-0.05, 0) is 12.0 Å². The van der Waals surface area contributed by atoms with E-state index in [1.165, 1.54) is 5.56 Å². The molecule has 0 bridgehead atoms. The van der Waals surface area contributed by atoms with Gasteiger partial charge in [-0.2, -0.15) is 0 Å². The Balaban J connectivity index is 2.93. The third-order valence-corrected chi connectivity index (χ3v) is 3.22. The minimum Gasteiger partial charge on any atom is -0.0674 e. The van der Waals surface area contributed by atoms with Gasteiger partial charge < -0.3 is 0 Å². The molecule has 0 heterocycles. The van der Waals surface area contributed by atoms with Crippen LogP contribution in [0.2, 0.25) is 0 Å². The fourth-order valence-corrected chi connectivity index (χ4v) is 1.35. The van der Waals surface area contributed by atoms with Gasteiger partial charge in [-0.3, -0.25) is 0 Å². The first-order valence-corrected chi connectivity index (χ1v) is 4.98. The van der Waals surface area contributed by atoms with Crippen molar-refractivity contribution < 1.29 is 0 Å². The molecule has 1 aromatic rings. The van der Waals surface area contributed by atoms with Crippen molar-refractivity contribution in [2.45, 2.75) is 9.65 Å². The maximum absolute atomic E-state index is 3.84. The van der Waals surface area contributed by atoms with Gasteiger partial charge in [0.05, 0.1) is 0 Å². The summed E-state index contributed by atoms with van der Waals surface area (Å²) in [5, 5.41) is 0. The maximum atomic E-state index is 3.84. The molecule has 0 aliphatic carbocycles. The quantitative estimate of drug-likeness (QED) is 0.720. The van der Waals surface area contributed by atoms with Crippen LogP contribution in [0, 0.1) is 6.92 Å². The summed E-state index contributed by atoms with van der Waals surface area (Å²) in [5.41, 5.74) is 1.20. The summed E-state index contributed by atoms with van der Waals surface area (Å²) < 4.78 is -0.152. The molecule has 0 saturated heterocycles. The zero-order valence-corrected chi connectivity index (χ0v) is 9.23. The van der Waals surface area contributed by atoms with Crippen LogP contribution in [-0.2, 0) is 3.23 Å². The minimum absolute atomic E-state index is 0.152. The third kappa shape index (κ3) is 2.31. The monoisotopic (exact) mass is 275 g/mol. The first-order chi connectivity index (χ1) is 5.17. The highest BCUT2D eigenvalue weighted by Crippen LogP contribution is 2.40. The molecule has 0 nitrogen and oxygen atoms in total. The summed E-state index contributed by atoms with van der Waals surface area (Å²) in [5.74, 6) is 0. The Kier molecular flexibility index (Phi) is 3.14. The topological polar surface area (TPSA) is 0 Å². The zero-order chi connectivity index (χ0) is 8.32. The van der Waals surface area contributed by atoms with E-state index in [2.05, 4.69) is 50.9 Å². The van der Waals surface area contributed by atoms with Crippen molar-refractivity contribution in [1.29, 1.82) is 0 Å². The number of hydrogen-bond acceptors (Lipinski definition) is 0. The Morgan fingerprint density at radius 2 is 1.73 bits per heavy atom. The van der Waals surface area contributed by atoms with Crippen molar-refractivity contribution in [1.82, 2.24) is 0 Å². The molecule has 0 unspecified atom stereocenters. The molecule has 0 N–H and O–H groups in total. The lowest BCUT2D eigenvalue weighted by Gasteiger charge is -2.17. The molecule has 0 aliphatic heterocycles. The average Bonchev–Trinajstić information content (AvgIpc) is 2.06. The predicted octanol–water partition coefficient (Wildman–Crippen LogP) is 3.85. The molecule has 0 aromatic heterocycles. The minimum atomic E-state index is -0.152. The van der Waals surface area contributed by atoms with Crippen molar-refractivity contribution in [2.24, 2.45) is 0 Å². The second-order valence-electron chi connectivity index (χ2n) is 2.32. The molecule has 0 spiro atoms. The molecule has 1 radical (unpaired) electrons. The van der Waals surface area contributed by atoms with Gasteiger partial charge in [0.2, 0.25) is 0 Å². The van der Waals surface area contributed by atoms with E-state index in [0.717, 1.165) is 6.42 Å². The molecule has 0 saturated carbocycles. The molecule has 0 amide bonds. The third-order valence-electron chi connectivity index (χ3n) is 1.51. The van der Waals surface area contributed by atoms with Crippen molar-refractivity contribution >= 4 is 31.9 Å². The van der Waals surface area contributed by atoms with Gasteiger partial charge in [0.15, 0.2) is 0 Å². The summed E-state index contributed by atoms with van der Waals surface area (Å²) in [6.45, 7) is 3.84. The lowest BCUT2D eigenvalue weighted by molar-refractivity contribution is 0.932. The smallest absolute Gasteiger partial charge is 0.0674 e. The Bertz CT molecular complexity index is 216. The molecular formula is C9H9Br2. The normalized spacial score (nSPS) is 11.5. The SMILES string of the molecule is [CH2]CC(Br)(Br)c1ccccc1. The first kappa shape index (κ1) is 9.27. The van der Waals surface area contributed by atoms with Gasteiger partial charge >= 0.3 is 0 Å². The Labute approximate surface area is 84.3 Å². The van der Waals surface area contributed by atoms with Crippen LogP contribution in [0.4, 0.5) is 0 Å². The molecule has 0 aliphatic rings. The van der Waals surface area contributed by atoms with Gasteiger partial charge in [0, 0.05) is 0 Å². The molecule has 1 aromatic carbocycles. The van der Waals surface area contributed by atoms with E-state index >= 15 is 0 Å². The Morgan fingerprint density at radius 1 is 1.18 bits per heavy atom. The number of benzene rings is 1.